The zero-order chi connectivity index (χ0) is 21.6. The molecule has 6 nitrogen and oxygen atoms in total. The van der Waals surface area contributed by atoms with E-state index in [9.17, 15) is 9.59 Å². The summed E-state index contributed by atoms with van der Waals surface area (Å²) in [6, 6.07) is 17.5. The molecule has 0 radical (unpaired) electrons. The normalized spacial score (nSPS) is 18.2. The van der Waals surface area contributed by atoms with Crippen molar-refractivity contribution in [2.24, 2.45) is 0 Å². The molecule has 7 heteroatoms. The third-order valence-electron chi connectivity index (χ3n) is 6.08. The van der Waals surface area contributed by atoms with Gasteiger partial charge in [-0.2, -0.15) is 0 Å². The molecule has 2 fully saturated rings. The minimum absolute atomic E-state index is 0.00157. The summed E-state index contributed by atoms with van der Waals surface area (Å²) < 4.78 is 0. The number of nitrogens with zero attached hydrogens (tertiary/aromatic N) is 4. The van der Waals surface area contributed by atoms with Gasteiger partial charge < -0.3 is 9.80 Å². The van der Waals surface area contributed by atoms with E-state index >= 15 is 0 Å². The fourth-order valence-electron chi connectivity index (χ4n) is 4.17. The Bertz CT molecular complexity index is 874. The van der Waals surface area contributed by atoms with Crippen LogP contribution in [0.3, 0.4) is 0 Å². The highest BCUT2D eigenvalue weighted by molar-refractivity contribution is 6.30. The average molecular weight is 441 g/mol. The van der Waals surface area contributed by atoms with E-state index in [1.165, 1.54) is 5.56 Å². The number of rotatable bonds is 5. The fraction of sp³-hybridized carbons (Fsp3) is 0.417. The molecule has 0 atom stereocenters. The van der Waals surface area contributed by atoms with Crippen LogP contribution in [0.25, 0.3) is 0 Å². The van der Waals surface area contributed by atoms with Crippen LogP contribution in [0.4, 0.5) is 0 Å². The van der Waals surface area contributed by atoms with E-state index in [-0.39, 0.29) is 11.8 Å². The van der Waals surface area contributed by atoms with Crippen LogP contribution in [-0.2, 0) is 11.3 Å². The van der Waals surface area contributed by atoms with Crippen molar-refractivity contribution in [3.05, 3.63) is 70.7 Å². The second-order valence-electron chi connectivity index (χ2n) is 8.22. The topological polar surface area (TPSA) is 47.1 Å². The Labute approximate surface area is 189 Å². The maximum absolute atomic E-state index is 12.8. The molecular formula is C24H29ClN4O2. The average Bonchev–Trinajstić information content (AvgIpc) is 2.81. The zero-order valence-corrected chi connectivity index (χ0v) is 18.5. The molecule has 0 bridgehead atoms. The van der Waals surface area contributed by atoms with Gasteiger partial charge in [0.1, 0.15) is 0 Å². The monoisotopic (exact) mass is 440 g/mol. The lowest BCUT2D eigenvalue weighted by Crippen LogP contribution is -2.54. The molecule has 2 aromatic rings. The third kappa shape index (κ3) is 5.85. The predicted octanol–water partition coefficient (Wildman–Crippen LogP) is 2.44. The van der Waals surface area contributed by atoms with E-state index in [2.05, 4.69) is 34.1 Å². The maximum atomic E-state index is 12.8. The second-order valence-corrected chi connectivity index (χ2v) is 8.65. The molecule has 31 heavy (non-hydrogen) atoms. The van der Waals surface area contributed by atoms with Crippen molar-refractivity contribution in [2.75, 3.05) is 58.9 Å². The first-order valence-corrected chi connectivity index (χ1v) is 11.3. The Hall–Kier alpha value is -2.41. The lowest BCUT2D eigenvalue weighted by atomic mass is 10.2. The first kappa shape index (κ1) is 21.8. The Kier molecular flexibility index (Phi) is 7.22. The van der Waals surface area contributed by atoms with Gasteiger partial charge in [0, 0.05) is 69.5 Å². The maximum Gasteiger partial charge on any atom is 0.253 e. The van der Waals surface area contributed by atoms with Crippen molar-refractivity contribution in [1.29, 1.82) is 0 Å². The number of halogens is 1. The molecule has 164 valence electrons. The first-order chi connectivity index (χ1) is 15.1. The van der Waals surface area contributed by atoms with Gasteiger partial charge in [-0.05, 0) is 29.8 Å². The lowest BCUT2D eigenvalue weighted by Gasteiger charge is -2.38. The van der Waals surface area contributed by atoms with Gasteiger partial charge in [-0.15, -0.1) is 0 Å². The Morgan fingerprint density at radius 2 is 1.29 bits per heavy atom. The summed E-state index contributed by atoms with van der Waals surface area (Å²) in [4.78, 5) is 33.8. The molecule has 0 N–H and O–H groups in total. The highest BCUT2D eigenvalue weighted by Gasteiger charge is 2.27. The fourth-order valence-corrected chi connectivity index (χ4v) is 4.30. The molecule has 0 unspecified atom stereocenters. The largest absolute Gasteiger partial charge is 0.338 e. The molecule has 0 saturated carbocycles. The van der Waals surface area contributed by atoms with Gasteiger partial charge in [-0.1, -0.05) is 41.9 Å². The number of carbonyl (C=O) groups is 2. The van der Waals surface area contributed by atoms with Crippen LogP contribution >= 0.6 is 11.6 Å². The van der Waals surface area contributed by atoms with Crippen LogP contribution in [0.1, 0.15) is 15.9 Å². The molecule has 2 amide bonds. The van der Waals surface area contributed by atoms with E-state index in [4.69, 9.17) is 11.6 Å². The molecular weight excluding hydrogens is 412 g/mol. The number of piperazine rings is 2. The summed E-state index contributed by atoms with van der Waals surface area (Å²) in [5.41, 5.74) is 1.97. The molecule has 4 rings (SSSR count). The first-order valence-electron chi connectivity index (χ1n) is 10.9. The van der Waals surface area contributed by atoms with Crippen LogP contribution in [0.15, 0.2) is 54.6 Å². The molecule has 0 spiro atoms. The van der Waals surface area contributed by atoms with Gasteiger partial charge in [0.25, 0.3) is 5.91 Å². The van der Waals surface area contributed by atoms with Gasteiger partial charge in [0.2, 0.25) is 5.91 Å². The lowest BCUT2D eigenvalue weighted by molar-refractivity contribution is -0.134. The van der Waals surface area contributed by atoms with Crippen LogP contribution in [0.2, 0.25) is 5.02 Å². The van der Waals surface area contributed by atoms with E-state index in [1.807, 2.05) is 15.9 Å². The van der Waals surface area contributed by atoms with Crippen LogP contribution in [-0.4, -0.2) is 90.3 Å². The summed E-state index contributed by atoms with van der Waals surface area (Å²) in [6.07, 6.45) is 0. The van der Waals surface area contributed by atoms with Gasteiger partial charge in [-0.3, -0.25) is 19.4 Å². The predicted molar refractivity (Wildman–Crippen MR) is 122 cm³/mol. The standard InChI is InChI=1S/C24H29ClN4O2/c25-22-8-6-21(7-9-22)24(31)29-16-14-28(15-17-29)23(30)19-27-12-10-26(11-13-27)18-20-4-2-1-3-5-20/h1-9H,10-19H2. The Morgan fingerprint density at radius 1 is 0.710 bits per heavy atom. The van der Waals surface area contributed by atoms with E-state index in [1.54, 1.807) is 24.3 Å². The quantitative estimate of drug-likeness (QED) is 0.716. The van der Waals surface area contributed by atoms with Crippen LogP contribution in [0.5, 0.6) is 0 Å². The van der Waals surface area contributed by atoms with Gasteiger partial charge in [0.15, 0.2) is 0 Å². The van der Waals surface area contributed by atoms with Crippen molar-refractivity contribution in [3.8, 4) is 0 Å². The molecule has 0 aromatic heterocycles. The minimum atomic E-state index is -0.00157. The molecule has 2 aliphatic heterocycles. The summed E-state index contributed by atoms with van der Waals surface area (Å²) in [6.45, 7) is 7.52. The summed E-state index contributed by atoms with van der Waals surface area (Å²) in [7, 11) is 0. The molecule has 2 heterocycles. The smallest absolute Gasteiger partial charge is 0.253 e. The van der Waals surface area contributed by atoms with Crippen LogP contribution < -0.4 is 0 Å². The number of hydrogen-bond donors (Lipinski definition) is 0. The van der Waals surface area contributed by atoms with Crippen LogP contribution in [0, 0.1) is 0 Å². The number of carbonyl (C=O) groups excluding carboxylic acids is 2. The van der Waals surface area contributed by atoms with Gasteiger partial charge in [0.05, 0.1) is 6.54 Å². The number of amides is 2. The summed E-state index contributed by atoms with van der Waals surface area (Å²) in [5, 5.41) is 0.618. The number of benzene rings is 2. The number of hydrogen-bond acceptors (Lipinski definition) is 4. The van der Waals surface area contributed by atoms with Crippen molar-refractivity contribution in [1.82, 2.24) is 19.6 Å². The van der Waals surface area contributed by atoms with E-state index < -0.39 is 0 Å². The highest BCUT2D eigenvalue weighted by atomic mass is 35.5. The highest BCUT2D eigenvalue weighted by Crippen LogP contribution is 2.14. The summed E-state index contributed by atoms with van der Waals surface area (Å²) in [5.74, 6) is 0.161. The van der Waals surface area contributed by atoms with Crippen molar-refractivity contribution in [3.63, 3.8) is 0 Å². The van der Waals surface area contributed by atoms with E-state index in [0.717, 1.165) is 32.7 Å². The molecule has 2 aliphatic rings. The summed E-state index contributed by atoms with van der Waals surface area (Å²) >= 11 is 5.90. The van der Waals surface area contributed by atoms with Crippen molar-refractivity contribution in [2.45, 2.75) is 6.54 Å². The molecule has 2 saturated heterocycles. The van der Waals surface area contributed by atoms with Gasteiger partial charge in [-0.25, -0.2) is 0 Å². The Balaban J connectivity index is 1.19. The SMILES string of the molecule is O=C(CN1CCN(Cc2ccccc2)CC1)N1CCN(C(=O)c2ccc(Cl)cc2)CC1. The second kappa shape index (κ2) is 10.3. The Morgan fingerprint density at radius 3 is 1.94 bits per heavy atom. The van der Waals surface area contributed by atoms with Gasteiger partial charge >= 0.3 is 0 Å². The molecule has 2 aromatic carbocycles. The minimum Gasteiger partial charge on any atom is -0.338 e. The van der Waals surface area contributed by atoms with Crippen molar-refractivity contribution < 1.29 is 9.59 Å². The molecule has 0 aliphatic carbocycles. The van der Waals surface area contributed by atoms with E-state index in [0.29, 0.717) is 43.3 Å². The zero-order valence-electron chi connectivity index (χ0n) is 17.8. The van der Waals surface area contributed by atoms with Crippen molar-refractivity contribution >= 4 is 23.4 Å². The third-order valence-corrected chi connectivity index (χ3v) is 6.34.